The number of fused-ring (bicyclic) bond motifs is 1. The summed E-state index contributed by atoms with van der Waals surface area (Å²) in [4.78, 5) is 18.8. The molecule has 3 aromatic heterocycles. The van der Waals surface area contributed by atoms with E-state index in [0.29, 0.717) is 42.3 Å². The standard InChI is InChI=1S/C24H15Cl2N3O2S/c25-14-5-3-13(4-6-14)18-12-17(19-2-1-11-31-19)20-21(27)22(32-24(20)29-18)23(30)28-16-9-7-15(26)8-10-16/h1-12H,27H2,(H,28,30). The van der Waals surface area contributed by atoms with Crippen LogP contribution in [0, 0.1) is 0 Å². The van der Waals surface area contributed by atoms with Crippen molar-refractivity contribution in [3.63, 3.8) is 0 Å². The Hall–Kier alpha value is -3.32. The summed E-state index contributed by atoms with van der Waals surface area (Å²) in [5.41, 5.74) is 9.83. The van der Waals surface area contributed by atoms with E-state index in [1.54, 1.807) is 36.6 Å². The van der Waals surface area contributed by atoms with Crippen LogP contribution in [-0.2, 0) is 0 Å². The summed E-state index contributed by atoms with van der Waals surface area (Å²) >= 11 is 13.2. The minimum atomic E-state index is -0.314. The van der Waals surface area contributed by atoms with Gasteiger partial charge in [-0.25, -0.2) is 4.98 Å². The molecule has 3 N–H and O–H groups in total. The lowest BCUT2D eigenvalue weighted by Gasteiger charge is -2.07. The minimum Gasteiger partial charge on any atom is -0.464 e. The average molecular weight is 480 g/mol. The van der Waals surface area contributed by atoms with Gasteiger partial charge in [0.1, 0.15) is 15.5 Å². The smallest absolute Gasteiger partial charge is 0.267 e. The van der Waals surface area contributed by atoms with Crippen molar-refractivity contribution >= 4 is 62.0 Å². The van der Waals surface area contributed by atoms with Crippen LogP contribution in [0.2, 0.25) is 10.0 Å². The number of carbonyl (C=O) groups excluding carboxylic acids is 1. The van der Waals surface area contributed by atoms with E-state index < -0.39 is 0 Å². The topological polar surface area (TPSA) is 81.2 Å². The first-order valence-electron chi connectivity index (χ1n) is 9.59. The zero-order valence-corrected chi connectivity index (χ0v) is 18.8. The number of aromatic nitrogens is 1. The fraction of sp³-hybridized carbons (Fsp3) is 0. The molecule has 0 aliphatic carbocycles. The number of rotatable bonds is 4. The molecule has 0 unspecified atom stereocenters. The summed E-state index contributed by atoms with van der Waals surface area (Å²) < 4.78 is 5.66. The maximum Gasteiger partial charge on any atom is 0.267 e. The average Bonchev–Trinajstić information content (AvgIpc) is 3.44. The number of furan rings is 1. The maximum absolute atomic E-state index is 13.0. The third-order valence-corrected chi connectivity index (χ3v) is 6.54. The van der Waals surface area contributed by atoms with E-state index >= 15 is 0 Å². The molecule has 0 aliphatic heterocycles. The first-order chi connectivity index (χ1) is 15.5. The summed E-state index contributed by atoms with van der Waals surface area (Å²) in [6, 6.07) is 19.9. The van der Waals surface area contributed by atoms with E-state index in [9.17, 15) is 4.79 Å². The lowest BCUT2D eigenvalue weighted by atomic mass is 10.0. The highest BCUT2D eigenvalue weighted by Gasteiger charge is 2.22. The Bertz CT molecular complexity index is 1430. The van der Waals surface area contributed by atoms with E-state index in [4.69, 9.17) is 38.3 Å². The van der Waals surface area contributed by atoms with Crippen molar-refractivity contribution in [1.82, 2.24) is 4.98 Å². The van der Waals surface area contributed by atoms with Crippen LogP contribution in [0.3, 0.4) is 0 Å². The zero-order valence-electron chi connectivity index (χ0n) is 16.4. The fourth-order valence-corrected chi connectivity index (χ4v) is 4.67. The SMILES string of the molecule is Nc1c(C(=O)Nc2ccc(Cl)cc2)sc2nc(-c3ccc(Cl)cc3)cc(-c3ccco3)c12. The number of anilines is 2. The van der Waals surface area contributed by atoms with E-state index in [2.05, 4.69) is 5.32 Å². The number of nitrogens with zero attached hydrogens (tertiary/aromatic N) is 1. The third-order valence-electron chi connectivity index (χ3n) is 4.93. The zero-order chi connectivity index (χ0) is 22.2. The molecule has 8 heteroatoms. The van der Waals surface area contributed by atoms with Crippen LogP contribution < -0.4 is 11.1 Å². The number of benzene rings is 2. The van der Waals surface area contributed by atoms with E-state index in [0.717, 1.165) is 16.8 Å². The van der Waals surface area contributed by atoms with Crippen LogP contribution in [0.4, 0.5) is 11.4 Å². The van der Waals surface area contributed by atoms with Gasteiger partial charge >= 0.3 is 0 Å². The monoisotopic (exact) mass is 479 g/mol. The summed E-state index contributed by atoms with van der Waals surface area (Å²) in [7, 11) is 0. The minimum absolute atomic E-state index is 0.314. The van der Waals surface area contributed by atoms with Crippen molar-refractivity contribution in [2.45, 2.75) is 0 Å². The first-order valence-corrected chi connectivity index (χ1v) is 11.2. The number of nitrogens with two attached hydrogens (primary N) is 1. The number of carbonyl (C=O) groups is 1. The second kappa shape index (κ2) is 8.31. The highest BCUT2D eigenvalue weighted by Crippen LogP contribution is 2.41. The van der Waals surface area contributed by atoms with Crippen LogP contribution in [0.1, 0.15) is 9.67 Å². The maximum atomic E-state index is 13.0. The molecule has 1 amide bonds. The largest absolute Gasteiger partial charge is 0.464 e. The van der Waals surface area contributed by atoms with Crippen LogP contribution >= 0.6 is 34.5 Å². The summed E-state index contributed by atoms with van der Waals surface area (Å²) in [6.07, 6.45) is 1.60. The van der Waals surface area contributed by atoms with Gasteiger partial charge in [0.25, 0.3) is 5.91 Å². The summed E-state index contributed by atoms with van der Waals surface area (Å²) in [5, 5.41) is 4.78. The highest BCUT2D eigenvalue weighted by molar-refractivity contribution is 7.21. The van der Waals surface area contributed by atoms with Gasteiger partial charge in [-0.1, -0.05) is 35.3 Å². The Morgan fingerprint density at radius 2 is 1.69 bits per heavy atom. The number of halogens is 2. The predicted octanol–water partition coefficient (Wildman–Crippen LogP) is 7.36. The second-order valence-electron chi connectivity index (χ2n) is 7.03. The van der Waals surface area contributed by atoms with Gasteiger partial charge in [-0.05, 0) is 54.6 Å². The van der Waals surface area contributed by atoms with E-state index in [-0.39, 0.29) is 5.91 Å². The summed E-state index contributed by atoms with van der Waals surface area (Å²) in [6.45, 7) is 0. The molecule has 5 rings (SSSR count). The molecule has 0 atom stereocenters. The van der Waals surface area contributed by atoms with Gasteiger partial charge in [-0.2, -0.15) is 0 Å². The lowest BCUT2D eigenvalue weighted by molar-refractivity contribution is 0.103. The molecule has 0 saturated carbocycles. The van der Waals surface area contributed by atoms with Crippen molar-refractivity contribution in [3.05, 3.63) is 87.9 Å². The number of nitrogens with one attached hydrogen (secondary N) is 1. The molecule has 5 aromatic rings. The molecular weight excluding hydrogens is 465 g/mol. The molecule has 2 aromatic carbocycles. The van der Waals surface area contributed by atoms with Crippen LogP contribution in [0.5, 0.6) is 0 Å². The van der Waals surface area contributed by atoms with Crippen molar-refractivity contribution < 1.29 is 9.21 Å². The fourth-order valence-electron chi connectivity index (χ4n) is 3.41. The molecule has 0 aliphatic rings. The Kier molecular flexibility index (Phi) is 5.35. The molecule has 0 saturated heterocycles. The normalized spacial score (nSPS) is 11.1. The molecule has 5 nitrogen and oxygen atoms in total. The van der Waals surface area contributed by atoms with Gasteiger partial charge in [-0.3, -0.25) is 4.79 Å². The number of hydrogen-bond donors (Lipinski definition) is 2. The Morgan fingerprint density at radius 3 is 2.34 bits per heavy atom. The molecule has 0 bridgehead atoms. The lowest BCUT2D eigenvalue weighted by Crippen LogP contribution is -2.11. The summed E-state index contributed by atoms with van der Waals surface area (Å²) in [5.74, 6) is 0.327. The van der Waals surface area contributed by atoms with Gasteiger partial charge in [0.2, 0.25) is 0 Å². The van der Waals surface area contributed by atoms with Gasteiger partial charge in [0.05, 0.1) is 17.6 Å². The van der Waals surface area contributed by atoms with Gasteiger partial charge in [-0.15, -0.1) is 11.3 Å². The third kappa shape index (κ3) is 3.84. The molecular formula is C24H15Cl2N3O2S. The second-order valence-corrected chi connectivity index (χ2v) is 8.90. The van der Waals surface area contributed by atoms with Crippen molar-refractivity contribution in [2.24, 2.45) is 0 Å². The van der Waals surface area contributed by atoms with Gasteiger partial charge in [0, 0.05) is 32.2 Å². The quantitative estimate of drug-likeness (QED) is 0.282. The highest BCUT2D eigenvalue weighted by atomic mass is 35.5. The van der Waals surface area contributed by atoms with Crippen molar-refractivity contribution in [3.8, 4) is 22.6 Å². The molecule has 0 fully saturated rings. The van der Waals surface area contributed by atoms with Crippen molar-refractivity contribution in [1.29, 1.82) is 0 Å². The van der Waals surface area contributed by atoms with Crippen molar-refractivity contribution in [2.75, 3.05) is 11.1 Å². The van der Waals surface area contributed by atoms with Crippen LogP contribution in [0.25, 0.3) is 32.8 Å². The molecule has 0 radical (unpaired) electrons. The Labute approximate surface area is 197 Å². The number of nitrogen functional groups attached to an aromatic ring is 1. The molecule has 3 heterocycles. The van der Waals surface area contributed by atoms with Gasteiger partial charge < -0.3 is 15.5 Å². The number of thiophene rings is 1. The molecule has 0 spiro atoms. The van der Waals surface area contributed by atoms with Gasteiger partial charge in [0.15, 0.2) is 0 Å². The van der Waals surface area contributed by atoms with Crippen LogP contribution in [0.15, 0.2) is 77.4 Å². The Morgan fingerprint density at radius 1 is 1.00 bits per heavy atom. The number of amides is 1. The Balaban J connectivity index is 1.64. The molecule has 158 valence electrons. The van der Waals surface area contributed by atoms with E-state index in [1.807, 2.05) is 36.4 Å². The van der Waals surface area contributed by atoms with Crippen LogP contribution in [-0.4, -0.2) is 10.9 Å². The first kappa shape index (κ1) is 20.6. The van der Waals surface area contributed by atoms with E-state index in [1.165, 1.54) is 11.3 Å². The predicted molar refractivity (Wildman–Crippen MR) is 132 cm³/mol. The number of pyridine rings is 1. The number of hydrogen-bond acceptors (Lipinski definition) is 5. The molecule has 32 heavy (non-hydrogen) atoms.